The smallest absolute Gasteiger partial charge is 0.258 e. The third-order valence-corrected chi connectivity index (χ3v) is 5.73. The highest BCUT2D eigenvalue weighted by molar-refractivity contribution is 7.15. The van der Waals surface area contributed by atoms with Crippen molar-refractivity contribution in [3.05, 3.63) is 69.0 Å². The number of fused-ring (bicyclic) bond motifs is 1. The van der Waals surface area contributed by atoms with Crippen LogP contribution in [0.2, 0.25) is 10.0 Å². The van der Waals surface area contributed by atoms with Crippen LogP contribution in [0, 0.1) is 0 Å². The van der Waals surface area contributed by atoms with Gasteiger partial charge in [-0.25, -0.2) is 4.52 Å². The zero-order valence-electron chi connectivity index (χ0n) is 15.1. The number of hydrogen-bond acceptors (Lipinski definition) is 4. The van der Waals surface area contributed by atoms with E-state index in [-0.39, 0.29) is 11.9 Å². The fourth-order valence-electron chi connectivity index (χ4n) is 2.81. The first kappa shape index (κ1) is 18.9. The van der Waals surface area contributed by atoms with Crippen molar-refractivity contribution in [3.63, 3.8) is 0 Å². The van der Waals surface area contributed by atoms with Crippen LogP contribution in [0.3, 0.4) is 0 Å². The van der Waals surface area contributed by atoms with Gasteiger partial charge in [-0.3, -0.25) is 10.1 Å². The monoisotopic (exact) mass is 430 g/mol. The van der Waals surface area contributed by atoms with E-state index in [9.17, 15) is 4.79 Å². The van der Waals surface area contributed by atoms with Gasteiger partial charge in [0.1, 0.15) is 0 Å². The van der Waals surface area contributed by atoms with Gasteiger partial charge >= 0.3 is 0 Å². The molecule has 2 aromatic carbocycles. The summed E-state index contributed by atoms with van der Waals surface area (Å²) in [7, 11) is 0. The van der Waals surface area contributed by atoms with Crippen molar-refractivity contribution >= 4 is 51.4 Å². The van der Waals surface area contributed by atoms with E-state index in [1.54, 1.807) is 34.8 Å². The minimum Gasteiger partial charge on any atom is -0.289 e. The molecule has 0 unspecified atom stereocenters. The number of halogens is 2. The summed E-state index contributed by atoms with van der Waals surface area (Å²) in [5, 5.41) is 10.2. The van der Waals surface area contributed by atoms with E-state index in [0.29, 0.717) is 26.5 Å². The zero-order chi connectivity index (χ0) is 19.8. The van der Waals surface area contributed by atoms with Gasteiger partial charge in [0.05, 0.1) is 10.7 Å². The van der Waals surface area contributed by atoms with Crippen molar-refractivity contribution in [2.45, 2.75) is 19.8 Å². The van der Waals surface area contributed by atoms with Crippen LogP contribution in [0.25, 0.3) is 16.2 Å². The maximum atomic E-state index is 12.5. The minimum atomic E-state index is -0.254. The summed E-state index contributed by atoms with van der Waals surface area (Å²) >= 11 is 13.8. The second-order valence-electron chi connectivity index (χ2n) is 6.61. The number of carbonyl (C=O) groups excluding carboxylic acids is 1. The molecular weight excluding hydrogens is 415 g/mol. The third kappa shape index (κ3) is 3.63. The molecule has 1 amide bonds. The van der Waals surface area contributed by atoms with Gasteiger partial charge in [-0.1, -0.05) is 49.2 Å². The van der Waals surface area contributed by atoms with Crippen molar-refractivity contribution in [2.75, 3.05) is 5.32 Å². The van der Waals surface area contributed by atoms with Crippen LogP contribution in [0.4, 0.5) is 5.95 Å². The number of amides is 1. The molecule has 0 fully saturated rings. The fraction of sp³-hybridized carbons (Fsp3) is 0.150. The normalized spacial score (nSPS) is 11.3. The molecule has 2 aromatic heterocycles. The zero-order valence-corrected chi connectivity index (χ0v) is 17.4. The fourth-order valence-corrected chi connectivity index (χ4v) is 4.02. The molecule has 142 valence electrons. The summed E-state index contributed by atoms with van der Waals surface area (Å²) in [4.78, 5) is 17.5. The van der Waals surface area contributed by atoms with Gasteiger partial charge in [-0.15, -0.1) is 16.4 Å². The molecule has 0 spiro atoms. The molecule has 0 saturated heterocycles. The van der Waals surface area contributed by atoms with E-state index in [1.807, 2.05) is 17.5 Å². The van der Waals surface area contributed by atoms with Crippen LogP contribution in [0.5, 0.6) is 0 Å². The minimum absolute atomic E-state index is 0.240. The first-order valence-corrected chi connectivity index (χ1v) is 10.3. The number of anilines is 1. The van der Waals surface area contributed by atoms with Crippen molar-refractivity contribution in [2.24, 2.45) is 0 Å². The second kappa shape index (κ2) is 7.54. The van der Waals surface area contributed by atoms with Crippen LogP contribution in [0.1, 0.15) is 35.7 Å². The van der Waals surface area contributed by atoms with Crippen molar-refractivity contribution < 1.29 is 4.79 Å². The predicted octanol–water partition coefficient (Wildman–Crippen LogP) is 6.14. The number of thiazole rings is 1. The lowest BCUT2D eigenvalue weighted by Gasteiger charge is -2.06. The standard InChI is InChI=1S/C20H16Cl2N4OS/c1-11(2)12-3-5-13(6-4-12)18(27)23-19-24-20-26(25-19)17(10-28-20)15-9-14(21)7-8-16(15)22/h3-11H,1-2H3,(H,23,25,27). The highest BCUT2D eigenvalue weighted by Gasteiger charge is 2.16. The topological polar surface area (TPSA) is 59.3 Å². The van der Waals surface area contributed by atoms with E-state index in [2.05, 4.69) is 29.2 Å². The van der Waals surface area contributed by atoms with E-state index in [4.69, 9.17) is 23.2 Å². The molecule has 4 aromatic rings. The highest BCUT2D eigenvalue weighted by Crippen LogP contribution is 2.33. The van der Waals surface area contributed by atoms with Crippen molar-refractivity contribution in [1.29, 1.82) is 0 Å². The first-order chi connectivity index (χ1) is 13.4. The number of benzene rings is 2. The van der Waals surface area contributed by atoms with Gasteiger partial charge in [0, 0.05) is 21.5 Å². The SMILES string of the molecule is CC(C)c1ccc(C(=O)Nc2nc3scc(-c4cc(Cl)ccc4Cl)n3n2)cc1. The lowest BCUT2D eigenvalue weighted by atomic mass is 10.0. The molecule has 1 N–H and O–H groups in total. The molecule has 0 aliphatic rings. The Morgan fingerprint density at radius 2 is 1.89 bits per heavy atom. The Bertz CT molecular complexity index is 1160. The van der Waals surface area contributed by atoms with Gasteiger partial charge in [-0.2, -0.15) is 4.98 Å². The summed E-state index contributed by atoms with van der Waals surface area (Å²) in [6, 6.07) is 12.8. The van der Waals surface area contributed by atoms with Crippen LogP contribution in [-0.4, -0.2) is 20.5 Å². The Labute approximate surface area is 175 Å². The van der Waals surface area contributed by atoms with E-state index in [0.717, 1.165) is 11.3 Å². The molecule has 0 aliphatic carbocycles. The van der Waals surface area contributed by atoms with E-state index < -0.39 is 0 Å². The summed E-state index contributed by atoms with van der Waals surface area (Å²) in [6.07, 6.45) is 0. The summed E-state index contributed by atoms with van der Waals surface area (Å²) in [5.41, 5.74) is 3.26. The van der Waals surface area contributed by atoms with Crippen LogP contribution in [0.15, 0.2) is 47.8 Å². The van der Waals surface area contributed by atoms with Crippen molar-refractivity contribution in [1.82, 2.24) is 14.6 Å². The van der Waals surface area contributed by atoms with Crippen LogP contribution in [-0.2, 0) is 0 Å². The highest BCUT2D eigenvalue weighted by atomic mass is 35.5. The Morgan fingerprint density at radius 1 is 1.14 bits per heavy atom. The lowest BCUT2D eigenvalue weighted by Crippen LogP contribution is -2.13. The van der Waals surface area contributed by atoms with Gasteiger partial charge in [0.25, 0.3) is 11.9 Å². The van der Waals surface area contributed by atoms with Crippen LogP contribution >= 0.6 is 34.5 Å². The van der Waals surface area contributed by atoms with Gasteiger partial charge in [0.15, 0.2) is 0 Å². The number of hydrogen-bond donors (Lipinski definition) is 1. The quantitative estimate of drug-likeness (QED) is 0.422. The molecule has 5 nitrogen and oxygen atoms in total. The maximum Gasteiger partial charge on any atom is 0.258 e. The molecule has 4 rings (SSSR count). The van der Waals surface area contributed by atoms with E-state index >= 15 is 0 Å². The Hall–Kier alpha value is -2.41. The second-order valence-corrected chi connectivity index (χ2v) is 8.29. The molecule has 2 heterocycles. The molecule has 0 saturated carbocycles. The lowest BCUT2D eigenvalue weighted by molar-refractivity contribution is 0.102. The Balaban J connectivity index is 1.61. The molecule has 0 bridgehead atoms. The summed E-state index contributed by atoms with van der Waals surface area (Å²) < 4.78 is 1.65. The van der Waals surface area contributed by atoms with Crippen LogP contribution < -0.4 is 5.32 Å². The predicted molar refractivity (Wildman–Crippen MR) is 115 cm³/mol. The maximum absolute atomic E-state index is 12.5. The Morgan fingerprint density at radius 3 is 2.61 bits per heavy atom. The molecule has 8 heteroatoms. The number of nitrogens with zero attached hydrogens (tertiary/aromatic N) is 3. The average molecular weight is 431 g/mol. The largest absolute Gasteiger partial charge is 0.289 e. The average Bonchev–Trinajstić information content (AvgIpc) is 3.24. The number of aromatic nitrogens is 3. The Kier molecular flexibility index (Phi) is 5.10. The summed E-state index contributed by atoms with van der Waals surface area (Å²) in [6.45, 7) is 4.22. The number of carbonyl (C=O) groups is 1. The summed E-state index contributed by atoms with van der Waals surface area (Å²) in [5.74, 6) is 0.399. The van der Waals surface area contributed by atoms with Gasteiger partial charge in [-0.05, 0) is 41.8 Å². The molecule has 0 atom stereocenters. The molecule has 28 heavy (non-hydrogen) atoms. The van der Waals surface area contributed by atoms with E-state index in [1.165, 1.54) is 16.9 Å². The van der Waals surface area contributed by atoms with Gasteiger partial charge < -0.3 is 0 Å². The third-order valence-electron chi connectivity index (χ3n) is 4.35. The molecular formula is C20H16Cl2N4OS. The number of rotatable bonds is 4. The van der Waals surface area contributed by atoms with Crippen molar-refractivity contribution in [3.8, 4) is 11.3 Å². The first-order valence-electron chi connectivity index (χ1n) is 8.63. The van der Waals surface area contributed by atoms with Gasteiger partial charge in [0.2, 0.25) is 4.96 Å². The molecule has 0 radical (unpaired) electrons. The number of nitrogens with one attached hydrogen (secondary N) is 1. The molecule has 0 aliphatic heterocycles.